The van der Waals surface area contributed by atoms with Crippen molar-refractivity contribution in [1.29, 1.82) is 0 Å². The van der Waals surface area contributed by atoms with Gasteiger partial charge in [-0.2, -0.15) is 0 Å². The van der Waals surface area contributed by atoms with Crippen molar-refractivity contribution in [3.05, 3.63) is 0 Å². The standard InChI is InChI=1S/C13H24N2O/c1-4-14-9-13(10-14)5-7-15(8-6-13)12(16)11(2)3/h11H,4-10H2,1-3H3. The molecule has 0 aromatic heterocycles. The van der Waals surface area contributed by atoms with Crippen LogP contribution in [0.4, 0.5) is 0 Å². The van der Waals surface area contributed by atoms with Crippen LogP contribution in [0.25, 0.3) is 0 Å². The van der Waals surface area contributed by atoms with E-state index in [4.69, 9.17) is 0 Å². The van der Waals surface area contributed by atoms with Crippen molar-refractivity contribution in [2.24, 2.45) is 11.3 Å². The number of hydrogen-bond donors (Lipinski definition) is 0. The minimum absolute atomic E-state index is 0.155. The molecule has 0 atom stereocenters. The van der Waals surface area contributed by atoms with Crippen LogP contribution in [0.5, 0.6) is 0 Å². The first-order valence-electron chi connectivity index (χ1n) is 6.57. The van der Waals surface area contributed by atoms with Crippen molar-refractivity contribution in [3.8, 4) is 0 Å². The van der Waals surface area contributed by atoms with Gasteiger partial charge in [0, 0.05) is 32.1 Å². The smallest absolute Gasteiger partial charge is 0.225 e. The Morgan fingerprint density at radius 3 is 2.25 bits per heavy atom. The van der Waals surface area contributed by atoms with E-state index in [0.717, 1.165) is 13.1 Å². The molecule has 3 heteroatoms. The fourth-order valence-corrected chi connectivity index (χ4v) is 3.01. The molecule has 1 spiro atoms. The lowest BCUT2D eigenvalue weighted by Gasteiger charge is -2.54. The summed E-state index contributed by atoms with van der Waals surface area (Å²) in [6.45, 7) is 11.9. The molecule has 0 aliphatic carbocycles. The number of carbonyl (C=O) groups excluding carboxylic acids is 1. The van der Waals surface area contributed by atoms with E-state index in [1.54, 1.807) is 0 Å². The number of hydrogen-bond acceptors (Lipinski definition) is 2. The minimum Gasteiger partial charge on any atom is -0.342 e. The summed E-state index contributed by atoms with van der Waals surface area (Å²) < 4.78 is 0. The zero-order valence-corrected chi connectivity index (χ0v) is 10.8. The normalized spacial score (nSPS) is 24.9. The van der Waals surface area contributed by atoms with Gasteiger partial charge in [0.05, 0.1) is 0 Å². The summed E-state index contributed by atoms with van der Waals surface area (Å²) in [5.74, 6) is 0.490. The Morgan fingerprint density at radius 2 is 1.81 bits per heavy atom. The quantitative estimate of drug-likeness (QED) is 0.711. The van der Waals surface area contributed by atoms with Gasteiger partial charge >= 0.3 is 0 Å². The number of carbonyl (C=O) groups is 1. The molecule has 2 heterocycles. The lowest BCUT2D eigenvalue weighted by atomic mass is 9.72. The van der Waals surface area contributed by atoms with Gasteiger partial charge in [0.15, 0.2) is 0 Å². The van der Waals surface area contributed by atoms with Crippen molar-refractivity contribution in [2.45, 2.75) is 33.6 Å². The Labute approximate surface area is 98.8 Å². The minimum atomic E-state index is 0.155. The second-order valence-electron chi connectivity index (χ2n) is 5.78. The van der Waals surface area contributed by atoms with Crippen LogP contribution in [0, 0.1) is 11.3 Å². The second-order valence-corrected chi connectivity index (χ2v) is 5.78. The summed E-state index contributed by atoms with van der Waals surface area (Å²) in [4.78, 5) is 16.4. The monoisotopic (exact) mass is 224 g/mol. The van der Waals surface area contributed by atoms with Gasteiger partial charge in [-0.05, 0) is 24.8 Å². The van der Waals surface area contributed by atoms with E-state index in [1.807, 2.05) is 13.8 Å². The van der Waals surface area contributed by atoms with Crippen LogP contribution in [0.15, 0.2) is 0 Å². The fourth-order valence-electron chi connectivity index (χ4n) is 3.01. The molecule has 2 aliphatic heterocycles. The van der Waals surface area contributed by atoms with E-state index in [0.29, 0.717) is 11.3 Å². The summed E-state index contributed by atoms with van der Waals surface area (Å²) in [6.07, 6.45) is 2.42. The molecule has 2 aliphatic rings. The number of amides is 1. The van der Waals surface area contributed by atoms with Crippen LogP contribution in [0.3, 0.4) is 0 Å². The largest absolute Gasteiger partial charge is 0.342 e. The molecule has 0 radical (unpaired) electrons. The SMILES string of the molecule is CCN1CC2(CCN(C(=O)C(C)C)CC2)C1. The van der Waals surface area contributed by atoms with E-state index in [1.165, 1.54) is 32.5 Å². The van der Waals surface area contributed by atoms with Crippen LogP contribution in [-0.2, 0) is 4.79 Å². The van der Waals surface area contributed by atoms with E-state index in [-0.39, 0.29) is 5.92 Å². The van der Waals surface area contributed by atoms with Crippen molar-refractivity contribution in [1.82, 2.24) is 9.80 Å². The zero-order valence-electron chi connectivity index (χ0n) is 10.8. The molecule has 16 heavy (non-hydrogen) atoms. The van der Waals surface area contributed by atoms with Gasteiger partial charge in [-0.1, -0.05) is 20.8 Å². The highest BCUT2D eigenvalue weighted by Crippen LogP contribution is 2.40. The predicted octanol–water partition coefficient (Wildman–Crippen LogP) is 1.59. The third kappa shape index (κ3) is 2.10. The third-order valence-electron chi connectivity index (χ3n) is 4.19. The van der Waals surface area contributed by atoms with E-state index in [9.17, 15) is 4.79 Å². The van der Waals surface area contributed by atoms with Crippen LogP contribution in [0.2, 0.25) is 0 Å². The lowest BCUT2D eigenvalue weighted by Crippen LogP contribution is -2.60. The molecule has 0 N–H and O–H groups in total. The molecular formula is C13H24N2O. The highest BCUT2D eigenvalue weighted by atomic mass is 16.2. The van der Waals surface area contributed by atoms with E-state index < -0.39 is 0 Å². The molecular weight excluding hydrogens is 200 g/mol. The molecule has 2 rings (SSSR count). The first-order valence-corrected chi connectivity index (χ1v) is 6.57. The van der Waals surface area contributed by atoms with Gasteiger partial charge < -0.3 is 9.80 Å². The molecule has 0 aromatic carbocycles. The first kappa shape index (κ1) is 11.9. The lowest BCUT2D eigenvalue weighted by molar-refractivity contribution is -0.139. The maximum atomic E-state index is 11.9. The fraction of sp³-hybridized carbons (Fsp3) is 0.923. The molecule has 3 nitrogen and oxygen atoms in total. The number of piperidine rings is 1. The first-order chi connectivity index (χ1) is 7.56. The Morgan fingerprint density at radius 1 is 1.25 bits per heavy atom. The average molecular weight is 224 g/mol. The van der Waals surface area contributed by atoms with Gasteiger partial charge in [0.25, 0.3) is 0 Å². The highest BCUT2D eigenvalue weighted by Gasteiger charge is 2.44. The molecule has 0 bridgehead atoms. The average Bonchev–Trinajstić information content (AvgIpc) is 2.25. The highest BCUT2D eigenvalue weighted by molar-refractivity contribution is 5.78. The topological polar surface area (TPSA) is 23.6 Å². The van der Waals surface area contributed by atoms with Gasteiger partial charge in [-0.3, -0.25) is 4.79 Å². The van der Waals surface area contributed by atoms with Gasteiger partial charge in [-0.15, -0.1) is 0 Å². The van der Waals surface area contributed by atoms with Gasteiger partial charge in [0.1, 0.15) is 0 Å². The Balaban J connectivity index is 1.82. The van der Waals surface area contributed by atoms with Crippen LogP contribution in [0.1, 0.15) is 33.6 Å². The van der Waals surface area contributed by atoms with Crippen LogP contribution < -0.4 is 0 Å². The Hall–Kier alpha value is -0.570. The number of likely N-dealkylation sites (tertiary alicyclic amines) is 2. The second kappa shape index (κ2) is 4.36. The maximum Gasteiger partial charge on any atom is 0.225 e. The Bertz CT molecular complexity index is 259. The third-order valence-corrected chi connectivity index (χ3v) is 4.19. The van der Waals surface area contributed by atoms with Crippen molar-refractivity contribution in [2.75, 3.05) is 32.7 Å². The van der Waals surface area contributed by atoms with Crippen LogP contribution >= 0.6 is 0 Å². The van der Waals surface area contributed by atoms with Crippen LogP contribution in [-0.4, -0.2) is 48.4 Å². The maximum absolute atomic E-state index is 11.9. The van der Waals surface area contributed by atoms with Crippen molar-refractivity contribution in [3.63, 3.8) is 0 Å². The van der Waals surface area contributed by atoms with E-state index in [2.05, 4.69) is 16.7 Å². The number of rotatable bonds is 2. The molecule has 0 aromatic rings. The molecule has 2 fully saturated rings. The Kier molecular flexibility index (Phi) is 3.24. The molecule has 0 saturated carbocycles. The predicted molar refractivity (Wildman–Crippen MR) is 65.2 cm³/mol. The summed E-state index contributed by atoms with van der Waals surface area (Å²) in [5, 5.41) is 0. The van der Waals surface area contributed by atoms with E-state index >= 15 is 0 Å². The molecule has 1 amide bonds. The zero-order chi connectivity index (χ0) is 11.8. The van der Waals surface area contributed by atoms with Crippen molar-refractivity contribution >= 4 is 5.91 Å². The van der Waals surface area contributed by atoms with Gasteiger partial charge in [-0.25, -0.2) is 0 Å². The van der Waals surface area contributed by atoms with Crippen molar-refractivity contribution < 1.29 is 4.79 Å². The summed E-state index contributed by atoms with van der Waals surface area (Å²) >= 11 is 0. The molecule has 2 saturated heterocycles. The summed E-state index contributed by atoms with van der Waals surface area (Å²) in [5.41, 5.74) is 0.559. The molecule has 0 unspecified atom stereocenters. The summed E-state index contributed by atoms with van der Waals surface area (Å²) in [7, 11) is 0. The number of nitrogens with zero attached hydrogens (tertiary/aromatic N) is 2. The molecule has 92 valence electrons. The van der Waals surface area contributed by atoms with Gasteiger partial charge in [0.2, 0.25) is 5.91 Å². The summed E-state index contributed by atoms with van der Waals surface area (Å²) in [6, 6.07) is 0.